The van der Waals surface area contributed by atoms with E-state index in [4.69, 9.17) is 11.6 Å². The molecule has 2 aromatic rings. The molecule has 0 radical (unpaired) electrons. The van der Waals surface area contributed by atoms with Gasteiger partial charge in [-0.2, -0.15) is 0 Å². The van der Waals surface area contributed by atoms with Gasteiger partial charge in [-0.3, -0.25) is 9.59 Å². The Morgan fingerprint density at radius 3 is 2.14 bits per heavy atom. The highest BCUT2D eigenvalue weighted by molar-refractivity contribution is 6.33. The number of aryl methyl sites for hydroxylation is 1. The summed E-state index contributed by atoms with van der Waals surface area (Å²) in [6, 6.07) is 11.8. The number of piperazine rings is 1. The van der Waals surface area contributed by atoms with Gasteiger partial charge in [0.25, 0.3) is 11.8 Å². The summed E-state index contributed by atoms with van der Waals surface area (Å²) >= 11 is 6.07. The molecule has 0 bridgehead atoms. The van der Waals surface area contributed by atoms with Gasteiger partial charge >= 0.3 is 0 Å². The fourth-order valence-electron chi connectivity index (χ4n) is 3.40. The topological polar surface area (TPSA) is 67.1 Å². The van der Waals surface area contributed by atoms with Crippen molar-refractivity contribution in [2.24, 2.45) is 0 Å². The molecule has 1 aliphatic heterocycles. The summed E-state index contributed by atoms with van der Waals surface area (Å²) < 4.78 is 13.6. The van der Waals surface area contributed by atoms with Gasteiger partial charge in [-0.05, 0) is 36.8 Å². The smallest absolute Gasteiger partial charge is 0.279 e. The van der Waals surface area contributed by atoms with Crippen molar-refractivity contribution >= 4 is 34.8 Å². The maximum Gasteiger partial charge on any atom is 0.279 e. The zero-order valence-electron chi connectivity index (χ0n) is 16.4. The molecule has 0 spiro atoms. The van der Waals surface area contributed by atoms with Gasteiger partial charge in [0.05, 0.1) is 10.7 Å². The minimum absolute atomic E-state index is 0.0734. The molecule has 0 aromatic heterocycles. The molecule has 8 heteroatoms. The van der Waals surface area contributed by atoms with Crippen LogP contribution in [-0.4, -0.2) is 51.1 Å². The lowest BCUT2D eigenvalue weighted by molar-refractivity contribution is -1.00. The summed E-state index contributed by atoms with van der Waals surface area (Å²) in [6.07, 6.45) is 0. The number of nitrogens with one attached hydrogen (secondary N) is 4. The van der Waals surface area contributed by atoms with Crippen LogP contribution in [0.1, 0.15) is 5.56 Å². The van der Waals surface area contributed by atoms with Crippen LogP contribution in [0.2, 0.25) is 5.02 Å². The number of benzene rings is 2. The second-order valence-electron chi connectivity index (χ2n) is 7.39. The molecule has 1 saturated heterocycles. The number of para-hydroxylation sites is 1. The highest BCUT2D eigenvalue weighted by atomic mass is 35.5. The second kappa shape index (κ2) is 9.82. The number of halogens is 2. The molecule has 29 heavy (non-hydrogen) atoms. The summed E-state index contributed by atoms with van der Waals surface area (Å²) in [5.41, 5.74) is 1.64. The van der Waals surface area contributed by atoms with Gasteiger partial charge in [0, 0.05) is 5.69 Å². The highest BCUT2D eigenvalue weighted by Gasteiger charge is 2.26. The van der Waals surface area contributed by atoms with Crippen LogP contribution >= 0.6 is 11.6 Å². The average molecular weight is 421 g/mol. The van der Waals surface area contributed by atoms with Gasteiger partial charge < -0.3 is 20.4 Å². The predicted octanol–water partition coefficient (Wildman–Crippen LogP) is 0.148. The van der Waals surface area contributed by atoms with Gasteiger partial charge in [0.2, 0.25) is 0 Å². The molecule has 6 nitrogen and oxygen atoms in total. The zero-order valence-corrected chi connectivity index (χ0v) is 17.1. The maximum atomic E-state index is 13.6. The largest absolute Gasteiger partial charge is 0.321 e. The summed E-state index contributed by atoms with van der Waals surface area (Å²) in [7, 11) is 0. The third kappa shape index (κ3) is 6.25. The lowest BCUT2D eigenvalue weighted by Gasteiger charge is -2.29. The Balaban J connectivity index is 1.40. The van der Waals surface area contributed by atoms with Crippen LogP contribution in [0.4, 0.5) is 15.8 Å². The fraction of sp³-hybridized carbons (Fsp3) is 0.333. The molecule has 0 saturated carbocycles. The quantitative estimate of drug-likeness (QED) is 0.537. The number of hydrogen-bond acceptors (Lipinski definition) is 2. The molecule has 3 rings (SSSR count). The number of amides is 2. The van der Waals surface area contributed by atoms with E-state index in [2.05, 4.69) is 10.6 Å². The van der Waals surface area contributed by atoms with Crippen LogP contribution in [0.25, 0.3) is 0 Å². The van der Waals surface area contributed by atoms with Crippen molar-refractivity contribution < 1.29 is 23.8 Å². The van der Waals surface area contributed by atoms with Crippen LogP contribution in [0.15, 0.2) is 42.5 Å². The summed E-state index contributed by atoms with van der Waals surface area (Å²) in [4.78, 5) is 26.8. The lowest BCUT2D eigenvalue weighted by atomic mass is 10.2. The lowest BCUT2D eigenvalue weighted by Crippen LogP contribution is -3.28. The normalized spacial score (nSPS) is 18.9. The Kier molecular flexibility index (Phi) is 7.19. The SMILES string of the molecule is Cc1ccc(NC(=O)C[NH+]2CC[NH+](CC(=O)Nc3ccccc3Cl)CC2)cc1F. The van der Waals surface area contributed by atoms with Crippen LogP contribution < -0.4 is 20.4 Å². The fourth-order valence-corrected chi connectivity index (χ4v) is 3.58. The number of carbonyl (C=O) groups is 2. The average Bonchev–Trinajstić information content (AvgIpc) is 2.68. The van der Waals surface area contributed by atoms with Crippen LogP contribution in [0.3, 0.4) is 0 Å². The molecule has 2 amide bonds. The molecule has 2 aromatic carbocycles. The van der Waals surface area contributed by atoms with Gasteiger partial charge in [0.1, 0.15) is 32.0 Å². The highest BCUT2D eigenvalue weighted by Crippen LogP contribution is 2.19. The molecule has 1 aliphatic rings. The monoisotopic (exact) mass is 420 g/mol. The molecular weight excluding hydrogens is 395 g/mol. The molecule has 0 atom stereocenters. The van der Waals surface area contributed by atoms with Crippen molar-refractivity contribution in [2.75, 3.05) is 49.9 Å². The Bertz CT molecular complexity index is 885. The third-order valence-electron chi connectivity index (χ3n) is 5.09. The first-order valence-corrected chi connectivity index (χ1v) is 10.1. The van der Waals surface area contributed by atoms with E-state index >= 15 is 0 Å². The zero-order chi connectivity index (χ0) is 20.8. The third-order valence-corrected chi connectivity index (χ3v) is 5.42. The van der Waals surface area contributed by atoms with Crippen molar-refractivity contribution in [2.45, 2.75) is 6.92 Å². The molecule has 1 heterocycles. The Morgan fingerprint density at radius 2 is 1.55 bits per heavy atom. The molecule has 1 fully saturated rings. The van der Waals surface area contributed by atoms with Crippen molar-refractivity contribution in [1.82, 2.24) is 0 Å². The number of quaternary nitrogens is 2. The van der Waals surface area contributed by atoms with E-state index < -0.39 is 0 Å². The Morgan fingerprint density at radius 1 is 0.966 bits per heavy atom. The Hall–Kier alpha value is -2.48. The maximum absolute atomic E-state index is 13.6. The number of rotatable bonds is 6. The minimum Gasteiger partial charge on any atom is -0.321 e. The van der Waals surface area contributed by atoms with E-state index in [9.17, 15) is 14.0 Å². The first-order chi connectivity index (χ1) is 13.9. The van der Waals surface area contributed by atoms with Gasteiger partial charge in [-0.1, -0.05) is 29.8 Å². The van der Waals surface area contributed by atoms with E-state index in [1.54, 1.807) is 31.2 Å². The van der Waals surface area contributed by atoms with Crippen LogP contribution in [0.5, 0.6) is 0 Å². The molecule has 0 aliphatic carbocycles. The van der Waals surface area contributed by atoms with Crippen LogP contribution in [0, 0.1) is 12.7 Å². The predicted molar refractivity (Wildman–Crippen MR) is 111 cm³/mol. The number of hydrogen-bond donors (Lipinski definition) is 4. The van der Waals surface area contributed by atoms with E-state index in [1.807, 2.05) is 12.1 Å². The summed E-state index contributed by atoms with van der Waals surface area (Å²) in [6.45, 7) is 5.58. The standard InChI is InChI=1S/C21H24ClFN4O2/c1-15-6-7-16(12-18(15)23)24-20(28)13-26-8-10-27(11-9-26)14-21(29)25-19-5-3-2-4-17(19)22/h2-7,12H,8-11,13-14H2,1H3,(H,24,28)(H,25,29)/p+2. The summed E-state index contributed by atoms with van der Waals surface area (Å²) in [5, 5.41) is 6.11. The van der Waals surface area contributed by atoms with Crippen molar-refractivity contribution in [3.05, 3.63) is 58.9 Å². The molecule has 154 valence electrons. The van der Waals surface area contributed by atoms with Crippen molar-refractivity contribution in [3.63, 3.8) is 0 Å². The number of carbonyl (C=O) groups excluding carboxylic acids is 2. The first-order valence-electron chi connectivity index (χ1n) is 9.68. The van der Waals surface area contributed by atoms with Gasteiger partial charge in [-0.15, -0.1) is 0 Å². The van der Waals surface area contributed by atoms with E-state index in [1.165, 1.54) is 11.0 Å². The summed E-state index contributed by atoms with van der Waals surface area (Å²) in [5.74, 6) is -0.540. The van der Waals surface area contributed by atoms with E-state index in [0.717, 1.165) is 31.1 Å². The molecule has 0 unspecified atom stereocenters. The Labute approximate surface area is 174 Å². The second-order valence-corrected chi connectivity index (χ2v) is 7.80. The van der Waals surface area contributed by atoms with E-state index in [-0.39, 0.29) is 17.6 Å². The van der Waals surface area contributed by atoms with Crippen molar-refractivity contribution in [3.8, 4) is 0 Å². The van der Waals surface area contributed by atoms with Crippen LogP contribution in [-0.2, 0) is 9.59 Å². The van der Waals surface area contributed by atoms with E-state index in [0.29, 0.717) is 35.1 Å². The first kappa shape index (κ1) is 21.2. The van der Waals surface area contributed by atoms with Gasteiger partial charge in [-0.25, -0.2) is 4.39 Å². The molecular formula is C21H26ClFN4O2+2. The van der Waals surface area contributed by atoms with Crippen molar-refractivity contribution in [1.29, 1.82) is 0 Å². The number of anilines is 2. The van der Waals surface area contributed by atoms with Gasteiger partial charge in [0.15, 0.2) is 13.1 Å². The molecule has 4 N–H and O–H groups in total. The minimum atomic E-state index is -0.331.